The fourth-order valence-corrected chi connectivity index (χ4v) is 21.9. The van der Waals surface area contributed by atoms with Gasteiger partial charge in [0.2, 0.25) is 0 Å². The molecule has 2 aliphatic carbocycles. The van der Waals surface area contributed by atoms with Crippen LogP contribution in [0, 0.1) is 0 Å². The van der Waals surface area contributed by atoms with Gasteiger partial charge in [-0.3, -0.25) is 0 Å². The molecule has 24 rings (SSSR count). The summed E-state index contributed by atoms with van der Waals surface area (Å²) in [5, 5.41) is 5.31. The van der Waals surface area contributed by atoms with E-state index < -0.39 is 5.41 Å². The molecule has 0 bridgehead atoms. The van der Waals surface area contributed by atoms with Crippen LogP contribution in [0.2, 0.25) is 0 Å². The van der Waals surface area contributed by atoms with Gasteiger partial charge in [0.15, 0.2) is 0 Å². The van der Waals surface area contributed by atoms with Gasteiger partial charge in [-0.1, -0.05) is 381 Å². The largest absolute Gasteiger partial charge is 0.310 e. The summed E-state index contributed by atoms with van der Waals surface area (Å²) >= 11 is 0. The van der Waals surface area contributed by atoms with Crippen LogP contribution in [-0.2, 0) is 36.5 Å². The van der Waals surface area contributed by atoms with Crippen LogP contribution in [0.4, 0.5) is 34.1 Å². The van der Waals surface area contributed by atoms with Gasteiger partial charge in [0.05, 0.1) is 38.9 Å². The third-order valence-corrected chi connectivity index (χ3v) is 29.0. The van der Waals surface area contributed by atoms with Crippen LogP contribution in [0.5, 0.6) is 0 Å². The molecule has 0 fully saturated rings. The number of rotatable bonds is 20. The van der Waals surface area contributed by atoms with Crippen molar-refractivity contribution in [2.24, 2.45) is 0 Å². The van der Waals surface area contributed by atoms with Crippen molar-refractivity contribution in [2.75, 3.05) is 9.80 Å². The molecule has 4 nitrogen and oxygen atoms in total. The van der Waals surface area contributed by atoms with Crippen LogP contribution < -0.4 is 9.80 Å². The zero-order valence-corrected chi connectivity index (χ0v) is 77.7. The topological polar surface area (TPSA) is 16.3 Å². The van der Waals surface area contributed by atoms with E-state index in [1.54, 1.807) is 0 Å². The quantitative estimate of drug-likeness (QED) is 0.0756. The summed E-state index contributed by atoms with van der Waals surface area (Å²) in [6.45, 7) is 13.6. The van der Waals surface area contributed by atoms with E-state index in [0.29, 0.717) is 0 Å². The average molecular weight is 1750 g/mol. The maximum Gasteiger partial charge on any atom is 0.0714 e. The normalized spacial score (nSPS) is 12.6. The Morgan fingerprint density at radius 2 is 0.463 bits per heavy atom. The molecule has 22 aromatic rings. The van der Waals surface area contributed by atoms with Gasteiger partial charge in [-0.15, -0.1) is 0 Å². The highest BCUT2D eigenvalue weighted by molar-refractivity contribution is 6.11. The molecule has 0 radical (unpaired) electrons. The third kappa shape index (κ3) is 14.7. The fraction of sp³-hybridized carbons (Fsp3) is 0.0909. The Bertz CT molecular complexity index is 8050. The van der Waals surface area contributed by atoms with Crippen LogP contribution in [0.3, 0.4) is 0 Å². The Balaban J connectivity index is 0.000000155. The van der Waals surface area contributed by atoms with E-state index in [9.17, 15) is 0 Å². The van der Waals surface area contributed by atoms with E-state index in [1.807, 2.05) is 0 Å². The first-order valence-corrected chi connectivity index (χ1v) is 48.2. The summed E-state index contributed by atoms with van der Waals surface area (Å²) in [5.41, 5.74) is 46.2. The summed E-state index contributed by atoms with van der Waals surface area (Å²) in [4.78, 5) is 4.88. The second-order valence-corrected chi connectivity index (χ2v) is 36.9. The number of benzene rings is 20. The number of para-hydroxylation sites is 2. The Labute approximate surface area is 798 Å². The number of fused-ring (bicyclic) bond motifs is 12. The molecule has 0 spiro atoms. The molecule has 0 aliphatic heterocycles. The van der Waals surface area contributed by atoms with Gasteiger partial charge in [-0.05, 0) is 293 Å². The summed E-state index contributed by atoms with van der Waals surface area (Å²) in [6, 6.07) is 175. The van der Waals surface area contributed by atoms with E-state index in [-0.39, 0.29) is 5.41 Å². The molecule has 0 unspecified atom stereocenters. The molecule has 2 heterocycles. The van der Waals surface area contributed by atoms with Gasteiger partial charge in [-0.2, -0.15) is 0 Å². The molecule has 2 aromatic heterocycles. The highest BCUT2D eigenvalue weighted by atomic mass is 15.2. The molecule has 0 saturated heterocycles. The van der Waals surface area contributed by atoms with Crippen molar-refractivity contribution in [3.05, 3.63) is 529 Å². The van der Waals surface area contributed by atoms with E-state index >= 15 is 0 Å². The van der Waals surface area contributed by atoms with Crippen LogP contribution in [0.25, 0.3) is 144 Å². The predicted molar refractivity (Wildman–Crippen MR) is 576 cm³/mol. The molecule has 0 N–H and O–H groups in total. The van der Waals surface area contributed by atoms with Crippen LogP contribution in [0.15, 0.2) is 473 Å². The second kappa shape index (κ2) is 35.3. The number of anilines is 6. The summed E-state index contributed by atoms with van der Waals surface area (Å²) in [6.07, 6.45) is 4.11. The minimum atomic E-state index is -0.517. The number of hydrogen-bond donors (Lipinski definition) is 0. The highest BCUT2D eigenvalue weighted by Gasteiger charge is 2.47. The standard InChI is InChI=1S/C71H54N2.C61H50N2/c1-3-49-28-44-69-64(46-49)65-47-50(4-2)29-45-70(65)73(69)59-40-36-54(37-41-59)52-32-30-51(31-33-52)53-34-38-58(39-35-53)72(68-27-17-15-24-61(68)55-18-8-5-9-19-55)60-42-43-63-62-25-14-16-26-66(62)71(67(63)48-60,56-20-10-6-11-21-56)57-22-12-7-13-23-57;1-5-41-20-36-59-54(38-41)55-39-42(6-2)21-37-60(55)63(59)49-32-28-46(29-33-49)44-24-22-43(23-25-44)45-26-30-48(31-27-45)62(58-19-13-11-16-51(58)47-14-8-7-9-15-47)50-34-35-53-52-17-10-12-18-56(52)61(3,4)57(53)40-50/h5-48H,3-4H2,1-2H3;7-40H,5-6H2,1-4H3. The lowest BCUT2D eigenvalue weighted by molar-refractivity contribution is 0.660. The second-order valence-electron chi connectivity index (χ2n) is 36.9. The summed E-state index contributed by atoms with van der Waals surface area (Å²) in [7, 11) is 0. The molecule has 2 aliphatic rings. The minimum absolute atomic E-state index is 0.102. The lowest BCUT2D eigenvalue weighted by atomic mass is 9.67. The van der Waals surface area contributed by atoms with Gasteiger partial charge in [0.25, 0.3) is 0 Å². The number of hydrogen-bond acceptors (Lipinski definition) is 2. The van der Waals surface area contributed by atoms with Crippen molar-refractivity contribution in [1.82, 2.24) is 9.13 Å². The molecule has 4 heteroatoms. The fourth-order valence-electron chi connectivity index (χ4n) is 21.9. The SMILES string of the molecule is CCc1ccc2c(c1)c1cc(CC)ccc1n2-c1ccc(-c2ccc(-c3ccc(N(c4ccc5c(c4)C(C)(C)c4ccccc4-5)c4ccccc4-c4ccccc4)cc3)cc2)cc1.CCc1ccc2c(c1)c1cc(CC)ccc1n2-c1ccc(-c2ccc(-c3ccc(N(c4ccc5c(c4)C(c4ccccc4)(c4ccccc4)c4ccccc4-5)c4ccccc4-c4ccccc4)cc3)cc2)cc1. The number of nitrogens with zero attached hydrogens (tertiary/aromatic N) is 4. The first-order chi connectivity index (χ1) is 67.0. The van der Waals surface area contributed by atoms with Crippen LogP contribution in [0.1, 0.15) is 97.2 Å². The minimum Gasteiger partial charge on any atom is -0.310 e. The van der Waals surface area contributed by atoms with E-state index in [0.717, 1.165) is 59.8 Å². The zero-order valence-electron chi connectivity index (χ0n) is 77.7. The molecule has 136 heavy (non-hydrogen) atoms. The van der Waals surface area contributed by atoms with E-state index in [2.05, 4.69) is 534 Å². The lowest BCUT2D eigenvalue weighted by Crippen LogP contribution is -2.28. The van der Waals surface area contributed by atoms with Gasteiger partial charge in [0, 0.05) is 72.2 Å². The van der Waals surface area contributed by atoms with Crippen molar-refractivity contribution in [2.45, 2.75) is 78.1 Å². The maximum absolute atomic E-state index is 2.46. The van der Waals surface area contributed by atoms with E-state index in [4.69, 9.17) is 0 Å². The van der Waals surface area contributed by atoms with E-state index in [1.165, 1.54) is 200 Å². The van der Waals surface area contributed by atoms with Crippen molar-refractivity contribution in [3.8, 4) is 100 Å². The Hall–Kier alpha value is -16.4. The molecule has 0 amide bonds. The zero-order chi connectivity index (χ0) is 91.5. The number of aromatic nitrogens is 2. The first kappa shape index (κ1) is 83.9. The third-order valence-electron chi connectivity index (χ3n) is 29.0. The maximum atomic E-state index is 2.46. The lowest BCUT2D eigenvalue weighted by Gasteiger charge is -2.35. The van der Waals surface area contributed by atoms with Gasteiger partial charge < -0.3 is 18.9 Å². The van der Waals surface area contributed by atoms with Crippen molar-refractivity contribution in [1.29, 1.82) is 0 Å². The Morgan fingerprint density at radius 1 is 0.199 bits per heavy atom. The monoisotopic (exact) mass is 1740 g/mol. The summed E-state index contributed by atoms with van der Waals surface area (Å²) < 4.78 is 4.85. The van der Waals surface area contributed by atoms with Crippen LogP contribution >= 0.6 is 0 Å². The molecular formula is C132H104N4. The number of aryl methyl sites for hydroxylation is 4. The molecular weight excluding hydrogens is 1640 g/mol. The highest BCUT2D eigenvalue weighted by Crippen LogP contribution is 2.59. The Kier molecular flexibility index (Phi) is 21.8. The van der Waals surface area contributed by atoms with Gasteiger partial charge >= 0.3 is 0 Å². The first-order valence-electron chi connectivity index (χ1n) is 48.2. The average Bonchev–Trinajstić information content (AvgIpc) is 1.53. The molecule has 652 valence electrons. The molecule has 0 atom stereocenters. The molecule has 20 aromatic carbocycles. The smallest absolute Gasteiger partial charge is 0.0714 e. The van der Waals surface area contributed by atoms with Crippen molar-refractivity contribution < 1.29 is 0 Å². The van der Waals surface area contributed by atoms with Crippen molar-refractivity contribution >= 4 is 77.7 Å². The Morgan fingerprint density at radius 3 is 0.816 bits per heavy atom. The predicted octanol–water partition coefficient (Wildman–Crippen LogP) is 35.4. The summed E-state index contributed by atoms with van der Waals surface area (Å²) in [5.74, 6) is 0. The van der Waals surface area contributed by atoms with Gasteiger partial charge in [0.1, 0.15) is 0 Å². The van der Waals surface area contributed by atoms with Crippen LogP contribution in [-0.4, -0.2) is 9.13 Å². The van der Waals surface area contributed by atoms with Crippen molar-refractivity contribution in [3.63, 3.8) is 0 Å². The van der Waals surface area contributed by atoms with Gasteiger partial charge in [-0.25, -0.2) is 0 Å². The molecule has 0 saturated carbocycles.